The van der Waals surface area contributed by atoms with Gasteiger partial charge >= 0.3 is 0 Å². The number of carbonyl (C=O) groups is 1. The van der Waals surface area contributed by atoms with Crippen LogP contribution in [0, 0.1) is 5.82 Å². The number of carbonyl (C=O) groups excluding carboxylic acids is 1. The molecule has 0 atom stereocenters. The molecular formula is C23H19FNO. The summed E-state index contributed by atoms with van der Waals surface area (Å²) in [7, 11) is 0. The molecule has 26 heavy (non-hydrogen) atoms. The van der Waals surface area contributed by atoms with E-state index in [0.29, 0.717) is 18.5 Å². The molecule has 0 aliphatic heterocycles. The van der Waals surface area contributed by atoms with Crippen LogP contribution in [0.1, 0.15) is 24.0 Å². The summed E-state index contributed by atoms with van der Waals surface area (Å²) in [5.41, 5.74) is 3.80. The Morgan fingerprint density at radius 1 is 0.808 bits per heavy atom. The van der Waals surface area contributed by atoms with Gasteiger partial charge in [-0.05, 0) is 47.4 Å². The van der Waals surface area contributed by atoms with Crippen LogP contribution in [0.2, 0.25) is 0 Å². The van der Waals surface area contributed by atoms with Gasteiger partial charge in [-0.3, -0.25) is 4.79 Å². The average molecular weight is 344 g/mol. The Kier molecular flexibility index (Phi) is 5.94. The Morgan fingerprint density at radius 2 is 1.35 bits per heavy atom. The Hall–Kier alpha value is -3.20. The molecule has 0 saturated carbocycles. The Morgan fingerprint density at radius 3 is 1.88 bits per heavy atom. The van der Waals surface area contributed by atoms with Gasteiger partial charge in [0.1, 0.15) is 5.82 Å². The van der Waals surface area contributed by atoms with E-state index in [1.54, 1.807) is 0 Å². The van der Waals surface area contributed by atoms with Crippen molar-refractivity contribution in [3.05, 3.63) is 108 Å². The highest BCUT2D eigenvalue weighted by molar-refractivity contribution is 5.82. The molecule has 129 valence electrons. The molecule has 2 nitrogen and oxygen atoms in total. The number of hydrogen-bond donors (Lipinski definition) is 0. The molecule has 1 radical (unpaired) electrons. The molecule has 0 aromatic heterocycles. The molecule has 0 aliphatic carbocycles. The summed E-state index contributed by atoms with van der Waals surface area (Å²) in [5.74, 6) is -0.553. The summed E-state index contributed by atoms with van der Waals surface area (Å²) in [6.07, 6.45) is 2.96. The number of benzene rings is 3. The second-order valence-corrected chi connectivity index (χ2v) is 5.87. The maximum absolute atomic E-state index is 12.9. The van der Waals surface area contributed by atoms with Crippen LogP contribution in [0.5, 0.6) is 0 Å². The minimum atomic E-state index is -0.338. The zero-order valence-corrected chi connectivity index (χ0v) is 14.3. The quantitative estimate of drug-likeness (QED) is 0.581. The van der Waals surface area contributed by atoms with E-state index in [2.05, 4.69) is 35.7 Å². The van der Waals surface area contributed by atoms with Crippen molar-refractivity contribution in [1.29, 1.82) is 0 Å². The minimum Gasteiger partial charge on any atom is -0.273 e. The van der Waals surface area contributed by atoms with Gasteiger partial charge in [0.2, 0.25) is 5.91 Å². The van der Waals surface area contributed by atoms with Crippen molar-refractivity contribution in [2.75, 3.05) is 0 Å². The normalized spacial score (nSPS) is 10.2. The van der Waals surface area contributed by atoms with Crippen molar-refractivity contribution in [3.8, 4) is 0 Å². The first-order valence-corrected chi connectivity index (χ1v) is 8.53. The lowest BCUT2D eigenvalue weighted by molar-refractivity contribution is -0.120. The second-order valence-electron chi connectivity index (χ2n) is 5.87. The van der Waals surface area contributed by atoms with E-state index in [9.17, 15) is 9.18 Å². The summed E-state index contributed by atoms with van der Waals surface area (Å²) < 4.78 is 12.9. The summed E-state index contributed by atoms with van der Waals surface area (Å²) in [6.45, 7) is 0. The van der Waals surface area contributed by atoms with Gasteiger partial charge in [0, 0.05) is 6.42 Å². The molecule has 3 rings (SSSR count). The summed E-state index contributed by atoms with van der Waals surface area (Å²) in [6, 6.07) is 25.8. The number of rotatable bonds is 6. The van der Waals surface area contributed by atoms with Crippen LogP contribution in [0.15, 0.2) is 91.0 Å². The fourth-order valence-corrected chi connectivity index (χ4v) is 2.69. The van der Waals surface area contributed by atoms with Gasteiger partial charge in [0.25, 0.3) is 0 Å². The van der Waals surface area contributed by atoms with E-state index in [1.807, 2.05) is 36.4 Å². The average Bonchev–Trinajstić information content (AvgIpc) is 2.68. The van der Waals surface area contributed by atoms with Gasteiger partial charge in [0.05, 0.1) is 5.69 Å². The molecule has 3 heteroatoms. The standard InChI is InChI=1S/C23H19FNO/c24-20-14-16-21(17-15-20)25-23(26)13-7-12-22(18-8-3-1-4-9-18)19-10-5-2-6-11-19/h1-6,8-12,14-17H,7,13H2. The SMILES string of the molecule is O=C(CCC=C(c1ccccc1)c1ccccc1)[N]c1ccc(F)cc1. The molecule has 3 aromatic carbocycles. The first kappa shape index (κ1) is 17.6. The lowest BCUT2D eigenvalue weighted by atomic mass is 9.96. The van der Waals surface area contributed by atoms with Crippen LogP contribution in [0.4, 0.5) is 10.1 Å². The fourth-order valence-electron chi connectivity index (χ4n) is 2.69. The van der Waals surface area contributed by atoms with Crippen molar-refractivity contribution in [2.45, 2.75) is 12.8 Å². The van der Waals surface area contributed by atoms with Gasteiger partial charge in [-0.1, -0.05) is 66.7 Å². The van der Waals surface area contributed by atoms with Crippen LogP contribution in [0.25, 0.3) is 5.57 Å². The van der Waals surface area contributed by atoms with Gasteiger partial charge in [-0.15, -0.1) is 0 Å². The lowest BCUT2D eigenvalue weighted by Crippen LogP contribution is -2.09. The Balaban J connectivity index is 1.69. The third-order valence-electron chi connectivity index (χ3n) is 3.96. The first-order valence-electron chi connectivity index (χ1n) is 8.53. The van der Waals surface area contributed by atoms with Gasteiger partial charge in [0.15, 0.2) is 0 Å². The van der Waals surface area contributed by atoms with Crippen LogP contribution >= 0.6 is 0 Å². The molecule has 1 amide bonds. The van der Waals surface area contributed by atoms with Gasteiger partial charge in [-0.2, -0.15) is 0 Å². The summed E-state index contributed by atoms with van der Waals surface area (Å²) >= 11 is 0. The van der Waals surface area contributed by atoms with Crippen molar-refractivity contribution in [2.24, 2.45) is 0 Å². The second kappa shape index (κ2) is 8.77. The molecule has 0 bridgehead atoms. The van der Waals surface area contributed by atoms with Crippen LogP contribution in [-0.2, 0) is 4.79 Å². The molecular weight excluding hydrogens is 325 g/mol. The molecule has 0 aliphatic rings. The topological polar surface area (TPSA) is 31.2 Å². The minimum absolute atomic E-state index is 0.215. The molecule has 0 N–H and O–H groups in total. The highest BCUT2D eigenvalue weighted by atomic mass is 19.1. The highest BCUT2D eigenvalue weighted by Gasteiger charge is 2.07. The van der Waals surface area contributed by atoms with E-state index in [4.69, 9.17) is 0 Å². The van der Waals surface area contributed by atoms with Crippen molar-refractivity contribution in [3.63, 3.8) is 0 Å². The fraction of sp³-hybridized carbons (Fsp3) is 0.0870. The lowest BCUT2D eigenvalue weighted by Gasteiger charge is -2.09. The van der Waals surface area contributed by atoms with E-state index in [0.717, 1.165) is 16.7 Å². The van der Waals surface area contributed by atoms with E-state index < -0.39 is 0 Å². The van der Waals surface area contributed by atoms with Crippen LogP contribution in [0.3, 0.4) is 0 Å². The highest BCUT2D eigenvalue weighted by Crippen LogP contribution is 2.24. The largest absolute Gasteiger partial charge is 0.273 e. The number of hydrogen-bond acceptors (Lipinski definition) is 1. The van der Waals surface area contributed by atoms with Crippen molar-refractivity contribution >= 4 is 17.2 Å². The third-order valence-corrected chi connectivity index (χ3v) is 3.96. The molecule has 0 heterocycles. The third kappa shape index (κ3) is 4.90. The number of nitrogens with zero attached hydrogens (tertiary/aromatic N) is 1. The van der Waals surface area contributed by atoms with Crippen molar-refractivity contribution < 1.29 is 9.18 Å². The number of amides is 1. The molecule has 0 spiro atoms. The van der Waals surface area contributed by atoms with Gasteiger partial charge < -0.3 is 0 Å². The number of allylic oxidation sites excluding steroid dienone is 1. The zero-order valence-electron chi connectivity index (χ0n) is 14.3. The smallest absolute Gasteiger partial charge is 0.246 e. The van der Waals surface area contributed by atoms with Gasteiger partial charge in [-0.25, -0.2) is 9.71 Å². The van der Waals surface area contributed by atoms with Crippen LogP contribution < -0.4 is 5.32 Å². The van der Waals surface area contributed by atoms with Crippen molar-refractivity contribution in [1.82, 2.24) is 5.32 Å². The maximum atomic E-state index is 12.9. The monoisotopic (exact) mass is 344 g/mol. The summed E-state index contributed by atoms with van der Waals surface area (Å²) in [4.78, 5) is 12.1. The van der Waals surface area contributed by atoms with E-state index in [1.165, 1.54) is 24.3 Å². The van der Waals surface area contributed by atoms with Crippen LogP contribution in [-0.4, -0.2) is 5.91 Å². The Labute approximate surface area is 153 Å². The van der Waals surface area contributed by atoms with E-state index >= 15 is 0 Å². The number of halogens is 1. The molecule has 0 fully saturated rings. The first-order chi connectivity index (χ1) is 12.7. The Bertz CT molecular complexity index is 830. The summed E-state index contributed by atoms with van der Waals surface area (Å²) in [5, 5.41) is 4.01. The molecule has 3 aromatic rings. The van der Waals surface area contributed by atoms with E-state index in [-0.39, 0.29) is 11.7 Å². The predicted octanol–water partition coefficient (Wildman–Crippen LogP) is 5.50. The predicted molar refractivity (Wildman–Crippen MR) is 102 cm³/mol. The molecule has 0 saturated heterocycles. The zero-order chi connectivity index (χ0) is 18.2. The molecule has 0 unspecified atom stereocenters. The maximum Gasteiger partial charge on any atom is 0.246 e.